The van der Waals surface area contributed by atoms with E-state index in [1.54, 1.807) is 6.20 Å². The first kappa shape index (κ1) is 21.5. The highest BCUT2D eigenvalue weighted by molar-refractivity contribution is 5.95. The van der Waals surface area contributed by atoms with Gasteiger partial charge in [0, 0.05) is 80.8 Å². The molecule has 6 rings (SSSR count). The lowest BCUT2D eigenvalue weighted by Crippen LogP contribution is -2.56. The van der Waals surface area contributed by atoms with Crippen molar-refractivity contribution in [2.24, 2.45) is 0 Å². The number of nitrogens with one attached hydrogen (secondary N) is 1. The molecule has 3 atom stereocenters. The van der Waals surface area contributed by atoms with Crippen LogP contribution in [0.4, 0.5) is 5.69 Å². The minimum atomic E-state index is 0.142. The molecule has 3 aliphatic heterocycles. The highest BCUT2D eigenvalue weighted by atomic mass is 16.5. The molecule has 3 aromatic rings. The number of nitrogens with zero attached hydrogens (tertiary/aromatic N) is 6. The average molecular weight is 458 g/mol. The summed E-state index contributed by atoms with van der Waals surface area (Å²) in [4.78, 5) is 9.36. The van der Waals surface area contributed by atoms with E-state index in [1.807, 2.05) is 12.1 Å². The average Bonchev–Trinajstić information content (AvgIpc) is 3.22. The zero-order valence-electron chi connectivity index (χ0n) is 19.8. The summed E-state index contributed by atoms with van der Waals surface area (Å²) < 4.78 is 8.53. The van der Waals surface area contributed by atoms with E-state index >= 15 is 0 Å². The summed E-state index contributed by atoms with van der Waals surface area (Å²) in [6, 6.07) is 11.2. The molecular formula is C26H31N7O. The van der Waals surface area contributed by atoms with Gasteiger partial charge < -0.3 is 15.0 Å². The van der Waals surface area contributed by atoms with Gasteiger partial charge in [0.25, 0.3) is 0 Å². The van der Waals surface area contributed by atoms with E-state index in [0.29, 0.717) is 17.6 Å². The Hall–Kier alpha value is -2.99. The van der Waals surface area contributed by atoms with Crippen LogP contribution in [-0.2, 0) is 17.7 Å². The lowest BCUT2D eigenvalue weighted by Gasteiger charge is -2.44. The summed E-state index contributed by atoms with van der Waals surface area (Å²) in [5.74, 6) is 0. The van der Waals surface area contributed by atoms with Crippen LogP contribution in [0.2, 0.25) is 0 Å². The molecule has 176 valence electrons. The van der Waals surface area contributed by atoms with Gasteiger partial charge in [-0.3, -0.25) is 14.6 Å². The zero-order chi connectivity index (χ0) is 23.2. The second-order valence-electron chi connectivity index (χ2n) is 10.1. The molecule has 0 aliphatic carbocycles. The third kappa shape index (κ3) is 3.94. The number of fused-ring (bicyclic) bond motifs is 2. The fourth-order valence-corrected chi connectivity index (χ4v) is 5.63. The molecule has 5 heterocycles. The van der Waals surface area contributed by atoms with Crippen molar-refractivity contribution in [1.29, 1.82) is 5.26 Å². The quantitative estimate of drug-likeness (QED) is 0.645. The Bertz CT molecular complexity index is 1240. The summed E-state index contributed by atoms with van der Waals surface area (Å²) in [6.45, 7) is 9.91. The van der Waals surface area contributed by atoms with E-state index in [4.69, 9.17) is 9.84 Å². The van der Waals surface area contributed by atoms with Gasteiger partial charge in [0.1, 0.15) is 6.07 Å². The highest BCUT2D eigenvalue weighted by Crippen LogP contribution is 2.31. The number of morpholine rings is 1. The van der Waals surface area contributed by atoms with Crippen molar-refractivity contribution in [3.63, 3.8) is 0 Å². The summed E-state index contributed by atoms with van der Waals surface area (Å²) in [7, 11) is 0. The monoisotopic (exact) mass is 457 g/mol. The van der Waals surface area contributed by atoms with Crippen molar-refractivity contribution in [3.8, 4) is 6.07 Å². The topological polar surface area (TPSA) is 82.2 Å². The van der Waals surface area contributed by atoms with Gasteiger partial charge in [-0.05, 0) is 38.1 Å². The molecular weight excluding hydrogens is 426 g/mol. The number of likely N-dealkylation sites (tertiary alicyclic amines) is 1. The van der Waals surface area contributed by atoms with Crippen LogP contribution in [0.25, 0.3) is 10.9 Å². The van der Waals surface area contributed by atoms with Crippen molar-refractivity contribution in [3.05, 3.63) is 53.5 Å². The maximum atomic E-state index is 9.48. The van der Waals surface area contributed by atoms with Gasteiger partial charge in [0.2, 0.25) is 0 Å². The Morgan fingerprint density at radius 2 is 2.06 bits per heavy atom. The molecule has 2 fully saturated rings. The number of aromatic nitrogens is 3. The van der Waals surface area contributed by atoms with E-state index in [0.717, 1.165) is 62.3 Å². The number of rotatable bonds is 4. The van der Waals surface area contributed by atoms with Crippen molar-refractivity contribution in [2.45, 2.75) is 51.1 Å². The first-order valence-electron chi connectivity index (χ1n) is 12.3. The molecule has 1 aromatic carbocycles. The van der Waals surface area contributed by atoms with Crippen LogP contribution < -0.4 is 10.2 Å². The van der Waals surface area contributed by atoms with Crippen LogP contribution in [-0.4, -0.2) is 70.6 Å². The number of nitriles is 1. The van der Waals surface area contributed by atoms with Gasteiger partial charge in [0.05, 0.1) is 35.0 Å². The molecule has 0 bridgehead atoms. The molecule has 3 aliphatic rings. The van der Waals surface area contributed by atoms with Crippen molar-refractivity contribution >= 4 is 16.6 Å². The standard InChI is InChI=1S/C26H31N7O/c1-17-8-24-20(10-29-17)12-33(30-24)21-13-31(14-21)15-22-16-32(11-18(2)34-22)25-6-5-19(9-27)26-23(25)4-3-7-28-26/h3-7,12,17-18,21-22,29H,8,10-11,13-16H2,1-2H3/t17-,18?,22?/m1/s1. The molecule has 0 spiro atoms. The normalized spacial score (nSPS) is 25.7. The maximum Gasteiger partial charge on any atom is 0.101 e. The minimum Gasteiger partial charge on any atom is -0.370 e. The Labute approximate surface area is 200 Å². The van der Waals surface area contributed by atoms with E-state index in [-0.39, 0.29) is 12.2 Å². The highest BCUT2D eigenvalue weighted by Gasteiger charge is 2.34. The first-order valence-corrected chi connectivity index (χ1v) is 12.3. The summed E-state index contributed by atoms with van der Waals surface area (Å²) in [5, 5.41) is 18.9. The van der Waals surface area contributed by atoms with Crippen molar-refractivity contribution < 1.29 is 4.74 Å². The van der Waals surface area contributed by atoms with E-state index in [9.17, 15) is 5.26 Å². The molecule has 1 N–H and O–H groups in total. The van der Waals surface area contributed by atoms with Gasteiger partial charge in [-0.2, -0.15) is 10.4 Å². The largest absolute Gasteiger partial charge is 0.370 e. The number of hydrogen-bond donors (Lipinski definition) is 1. The molecule has 8 nitrogen and oxygen atoms in total. The number of ether oxygens (including phenoxy) is 1. The molecule has 2 aromatic heterocycles. The zero-order valence-corrected chi connectivity index (χ0v) is 19.8. The van der Waals surface area contributed by atoms with Crippen molar-refractivity contribution in [2.75, 3.05) is 37.6 Å². The van der Waals surface area contributed by atoms with Gasteiger partial charge in [-0.15, -0.1) is 0 Å². The summed E-state index contributed by atoms with van der Waals surface area (Å²) in [5.41, 5.74) is 5.13. The Kier molecular flexibility index (Phi) is 5.48. The molecule has 0 saturated carbocycles. The molecule has 2 saturated heterocycles. The molecule has 0 radical (unpaired) electrons. The third-order valence-electron chi connectivity index (χ3n) is 7.34. The number of hydrogen-bond acceptors (Lipinski definition) is 7. The van der Waals surface area contributed by atoms with Crippen LogP contribution in [0.5, 0.6) is 0 Å². The predicted molar refractivity (Wildman–Crippen MR) is 131 cm³/mol. The van der Waals surface area contributed by atoms with Crippen molar-refractivity contribution in [1.82, 2.24) is 25.0 Å². The molecule has 8 heteroatoms. The SMILES string of the molecule is CC1CN(c2ccc(C#N)c3ncccc23)CC(CN2CC(n3cc4c(n3)C[C@@H](C)NC4)C2)O1. The van der Waals surface area contributed by atoms with Crippen LogP contribution in [0.3, 0.4) is 0 Å². The Balaban J connectivity index is 1.12. The Morgan fingerprint density at radius 3 is 2.91 bits per heavy atom. The van der Waals surface area contributed by atoms with Crippen LogP contribution in [0.1, 0.15) is 36.7 Å². The minimum absolute atomic E-state index is 0.142. The second-order valence-corrected chi connectivity index (χ2v) is 10.1. The fourth-order valence-electron chi connectivity index (χ4n) is 5.63. The van der Waals surface area contributed by atoms with E-state index in [1.165, 1.54) is 11.3 Å². The van der Waals surface area contributed by atoms with Crippen LogP contribution >= 0.6 is 0 Å². The number of anilines is 1. The van der Waals surface area contributed by atoms with Gasteiger partial charge in [0.15, 0.2) is 0 Å². The third-order valence-corrected chi connectivity index (χ3v) is 7.34. The van der Waals surface area contributed by atoms with Crippen LogP contribution in [0.15, 0.2) is 36.7 Å². The Morgan fingerprint density at radius 1 is 1.18 bits per heavy atom. The first-order chi connectivity index (χ1) is 16.6. The maximum absolute atomic E-state index is 9.48. The van der Waals surface area contributed by atoms with E-state index < -0.39 is 0 Å². The van der Waals surface area contributed by atoms with Gasteiger partial charge >= 0.3 is 0 Å². The lowest BCUT2D eigenvalue weighted by atomic mass is 10.0. The fraction of sp³-hybridized carbons (Fsp3) is 0.500. The molecule has 34 heavy (non-hydrogen) atoms. The number of benzene rings is 1. The summed E-state index contributed by atoms with van der Waals surface area (Å²) >= 11 is 0. The number of pyridine rings is 1. The smallest absolute Gasteiger partial charge is 0.101 e. The predicted octanol–water partition coefficient (Wildman–Crippen LogP) is 2.49. The lowest BCUT2D eigenvalue weighted by molar-refractivity contribution is -0.0489. The molecule has 2 unspecified atom stereocenters. The summed E-state index contributed by atoms with van der Waals surface area (Å²) in [6.07, 6.45) is 5.29. The van der Waals surface area contributed by atoms with E-state index in [2.05, 4.69) is 63.0 Å². The van der Waals surface area contributed by atoms with Gasteiger partial charge in [-0.25, -0.2) is 0 Å². The second kappa shape index (κ2) is 8.66. The van der Waals surface area contributed by atoms with Crippen LogP contribution in [0, 0.1) is 11.3 Å². The molecule has 0 amide bonds. The van der Waals surface area contributed by atoms with Gasteiger partial charge in [-0.1, -0.05) is 0 Å².